The molecular formula is C29H33F3O3. The molecule has 0 aromatic heterocycles. The van der Waals surface area contributed by atoms with Crippen molar-refractivity contribution in [2.75, 3.05) is 7.11 Å². The van der Waals surface area contributed by atoms with Gasteiger partial charge in [0.15, 0.2) is 17.4 Å². The van der Waals surface area contributed by atoms with Gasteiger partial charge < -0.3 is 9.47 Å². The molecule has 2 aliphatic rings. The Balaban J connectivity index is 1.38. The van der Waals surface area contributed by atoms with Gasteiger partial charge in [-0.05, 0) is 93.2 Å². The number of fused-ring (bicyclic) bond motifs is 1. The van der Waals surface area contributed by atoms with Crippen molar-refractivity contribution in [3.05, 3.63) is 71.1 Å². The monoisotopic (exact) mass is 486 g/mol. The van der Waals surface area contributed by atoms with Crippen LogP contribution in [0.3, 0.4) is 0 Å². The fourth-order valence-corrected chi connectivity index (χ4v) is 5.97. The van der Waals surface area contributed by atoms with Crippen LogP contribution < -0.4 is 9.47 Å². The minimum absolute atomic E-state index is 0.00166. The van der Waals surface area contributed by atoms with Crippen LogP contribution >= 0.6 is 0 Å². The van der Waals surface area contributed by atoms with E-state index < -0.39 is 29.2 Å². The largest absolute Gasteiger partial charge is 0.491 e. The van der Waals surface area contributed by atoms with Crippen molar-refractivity contribution < 1.29 is 27.4 Å². The number of methoxy groups -OCH3 is 1. The lowest BCUT2D eigenvalue weighted by molar-refractivity contribution is 0.0733. The number of carbonyl (C=O) groups is 1. The summed E-state index contributed by atoms with van der Waals surface area (Å²) < 4.78 is 52.5. The molecule has 0 spiro atoms. The maximum atomic E-state index is 15.1. The van der Waals surface area contributed by atoms with Gasteiger partial charge in [0.05, 0.1) is 12.7 Å². The van der Waals surface area contributed by atoms with Crippen molar-refractivity contribution in [1.29, 1.82) is 0 Å². The number of hydrogen-bond acceptors (Lipinski definition) is 3. The molecule has 4 unspecified atom stereocenters. The molecule has 0 bridgehead atoms. The van der Waals surface area contributed by atoms with Crippen molar-refractivity contribution in [3.63, 3.8) is 0 Å². The van der Waals surface area contributed by atoms with Gasteiger partial charge in [0.25, 0.3) is 0 Å². The summed E-state index contributed by atoms with van der Waals surface area (Å²) in [6.07, 6.45) is 13.6. The number of carbonyl (C=O) groups excluding carboxylic acids is 1. The molecule has 2 aliphatic carbocycles. The van der Waals surface area contributed by atoms with Crippen LogP contribution in [0.4, 0.5) is 13.2 Å². The summed E-state index contributed by atoms with van der Waals surface area (Å²) in [5, 5.41) is 0. The maximum absolute atomic E-state index is 15.1. The summed E-state index contributed by atoms with van der Waals surface area (Å²) in [6.45, 7) is 2.07. The Labute approximate surface area is 205 Å². The van der Waals surface area contributed by atoms with Gasteiger partial charge in [-0.3, -0.25) is 0 Å². The van der Waals surface area contributed by atoms with E-state index in [0.717, 1.165) is 62.8 Å². The SMILES string of the molecule is C/C=C/CCC1CCC2CC(c3ccc(C(=O)Oc4cc(F)c(OC)c(F)c4)cc3F)CCC2C1. The van der Waals surface area contributed by atoms with E-state index in [0.29, 0.717) is 11.5 Å². The van der Waals surface area contributed by atoms with Gasteiger partial charge >= 0.3 is 5.97 Å². The predicted molar refractivity (Wildman–Crippen MR) is 129 cm³/mol. The minimum atomic E-state index is -0.987. The molecule has 2 saturated carbocycles. The van der Waals surface area contributed by atoms with E-state index in [1.54, 1.807) is 6.07 Å². The molecular weight excluding hydrogens is 453 g/mol. The van der Waals surface area contributed by atoms with Crippen LogP contribution in [0.2, 0.25) is 0 Å². The highest BCUT2D eigenvalue weighted by Crippen LogP contribution is 2.48. The lowest BCUT2D eigenvalue weighted by atomic mass is 9.63. The van der Waals surface area contributed by atoms with Crippen molar-refractivity contribution in [3.8, 4) is 11.5 Å². The smallest absolute Gasteiger partial charge is 0.343 e. The average Bonchev–Trinajstić information content (AvgIpc) is 2.83. The third kappa shape index (κ3) is 5.91. The second kappa shape index (κ2) is 11.3. The third-order valence-corrected chi connectivity index (χ3v) is 7.76. The molecule has 0 saturated heterocycles. The van der Waals surface area contributed by atoms with E-state index in [9.17, 15) is 13.6 Å². The van der Waals surface area contributed by atoms with E-state index in [-0.39, 0.29) is 17.2 Å². The Kier molecular flexibility index (Phi) is 8.19. The minimum Gasteiger partial charge on any atom is -0.491 e. The van der Waals surface area contributed by atoms with Gasteiger partial charge in [-0.2, -0.15) is 0 Å². The first kappa shape index (κ1) is 25.3. The van der Waals surface area contributed by atoms with E-state index in [2.05, 4.69) is 23.8 Å². The highest BCUT2D eigenvalue weighted by molar-refractivity contribution is 5.91. The molecule has 188 valence electrons. The molecule has 0 radical (unpaired) electrons. The highest BCUT2D eigenvalue weighted by atomic mass is 19.1. The second-order valence-corrected chi connectivity index (χ2v) is 9.90. The van der Waals surface area contributed by atoms with E-state index >= 15 is 4.39 Å². The Morgan fingerprint density at radius 1 is 0.971 bits per heavy atom. The quantitative estimate of drug-likeness (QED) is 0.226. The van der Waals surface area contributed by atoms with Crippen molar-refractivity contribution in [1.82, 2.24) is 0 Å². The van der Waals surface area contributed by atoms with Gasteiger partial charge in [0.2, 0.25) is 0 Å². The standard InChI is InChI=1S/C29H33F3O3/c1-3-4-5-6-18-7-8-20-14-21(10-9-19(20)13-18)24-12-11-22(15-25(24)30)29(33)35-23-16-26(31)28(34-2)27(32)17-23/h3-4,11-12,15-21H,5-10,13-14H2,1-2H3/b4-3+. The molecule has 3 nitrogen and oxygen atoms in total. The number of allylic oxidation sites excluding steroid dienone is 2. The zero-order valence-corrected chi connectivity index (χ0v) is 20.4. The van der Waals surface area contributed by atoms with Crippen LogP contribution in [-0.2, 0) is 0 Å². The summed E-state index contributed by atoms with van der Waals surface area (Å²) >= 11 is 0. The zero-order valence-electron chi connectivity index (χ0n) is 20.4. The Morgan fingerprint density at radius 2 is 1.69 bits per heavy atom. The van der Waals surface area contributed by atoms with Crippen LogP contribution in [0, 0.1) is 35.2 Å². The molecule has 0 amide bonds. The number of halogens is 3. The van der Waals surface area contributed by atoms with Crippen LogP contribution in [0.1, 0.15) is 80.1 Å². The van der Waals surface area contributed by atoms with Crippen LogP contribution in [0.15, 0.2) is 42.5 Å². The summed E-state index contributed by atoms with van der Waals surface area (Å²) in [5.41, 5.74) is 0.634. The second-order valence-electron chi connectivity index (χ2n) is 9.90. The molecule has 0 N–H and O–H groups in total. The van der Waals surface area contributed by atoms with Gasteiger partial charge in [0, 0.05) is 12.1 Å². The van der Waals surface area contributed by atoms with Gasteiger partial charge in [-0.25, -0.2) is 18.0 Å². The van der Waals surface area contributed by atoms with Crippen molar-refractivity contribution in [2.24, 2.45) is 17.8 Å². The first-order valence-electron chi connectivity index (χ1n) is 12.5. The number of esters is 1. The molecule has 2 aromatic carbocycles. The fourth-order valence-electron chi connectivity index (χ4n) is 5.97. The number of rotatable bonds is 7. The maximum Gasteiger partial charge on any atom is 0.343 e. The number of hydrogen-bond donors (Lipinski definition) is 0. The highest BCUT2D eigenvalue weighted by Gasteiger charge is 2.36. The first-order chi connectivity index (χ1) is 16.9. The summed E-state index contributed by atoms with van der Waals surface area (Å²) in [5.74, 6) is -1.84. The normalized spacial score (nSPS) is 24.3. The fraction of sp³-hybridized carbons (Fsp3) is 0.483. The lowest BCUT2D eigenvalue weighted by Gasteiger charge is -2.42. The van der Waals surface area contributed by atoms with E-state index in [4.69, 9.17) is 4.74 Å². The average molecular weight is 487 g/mol. The molecule has 6 heteroatoms. The topological polar surface area (TPSA) is 35.5 Å². The Hall–Kier alpha value is -2.76. The Morgan fingerprint density at radius 3 is 2.37 bits per heavy atom. The van der Waals surface area contributed by atoms with Crippen molar-refractivity contribution in [2.45, 2.75) is 64.2 Å². The summed E-state index contributed by atoms with van der Waals surface area (Å²) in [6, 6.07) is 6.07. The lowest BCUT2D eigenvalue weighted by Crippen LogP contribution is -2.30. The predicted octanol–water partition coefficient (Wildman–Crippen LogP) is 7.99. The van der Waals surface area contributed by atoms with E-state index in [1.165, 1.54) is 31.7 Å². The number of ether oxygens (including phenoxy) is 2. The Bertz CT molecular complexity index is 1060. The van der Waals surface area contributed by atoms with Crippen LogP contribution in [0.25, 0.3) is 0 Å². The number of benzene rings is 2. The molecule has 0 aliphatic heterocycles. The molecule has 2 fully saturated rings. The molecule has 2 aromatic rings. The molecule has 4 rings (SSSR count). The van der Waals surface area contributed by atoms with Gasteiger partial charge in [0.1, 0.15) is 11.6 Å². The van der Waals surface area contributed by atoms with Crippen LogP contribution in [0.5, 0.6) is 11.5 Å². The zero-order chi connectivity index (χ0) is 24.9. The van der Waals surface area contributed by atoms with Gasteiger partial charge in [-0.15, -0.1) is 0 Å². The first-order valence-corrected chi connectivity index (χ1v) is 12.5. The molecule has 4 atom stereocenters. The third-order valence-electron chi connectivity index (χ3n) is 7.76. The summed E-state index contributed by atoms with van der Waals surface area (Å²) in [4.78, 5) is 12.5. The summed E-state index contributed by atoms with van der Waals surface area (Å²) in [7, 11) is 1.14. The molecule has 35 heavy (non-hydrogen) atoms. The molecule has 0 heterocycles. The van der Waals surface area contributed by atoms with Crippen molar-refractivity contribution >= 4 is 5.97 Å². The van der Waals surface area contributed by atoms with Gasteiger partial charge in [-0.1, -0.05) is 24.6 Å². The van der Waals surface area contributed by atoms with E-state index in [1.807, 2.05) is 0 Å². The van der Waals surface area contributed by atoms with Crippen LogP contribution in [-0.4, -0.2) is 13.1 Å².